The Morgan fingerprint density at radius 3 is 2.29 bits per heavy atom. The van der Waals surface area contributed by atoms with Gasteiger partial charge in [-0.05, 0) is 67.5 Å². The van der Waals surface area contributed by atoms with E-state index in [1.54, 1.807) is 0 Å². The second-order valence-electron chi connectivity index (χ2n) is 6.62. The second kappa shape index (κ2) is 8.66. The van der Waals surface area contributed by atoms with Crippen molar-refractivity contribution in [2.75, 3.05) is 30.0 Å². The van der Waals surface area contributed by atoms with Crippen molar-refractivity contribution in [3.05, 3.63) is 65.3 Å². The molecule has 0 spiro atoms. The van der Waals surface area contributed by atoms with Crippen LogP contribution in [0.3, 0.4) is 0 Å². The summed E-state index contributed by atoms with van der Waals surface area (Å²) in [6.45, 7) is -5.02. The fourth-order valence-electron chi connectivity index (χ4n) is 3.14. The third kappa shape index (κ3) is 3.68. The molecule has 3 amide bonds. The number of carbonyl (C=O) groups excluding carboxylic acids is 3. The summed E-state index contributed by atoms with van der Waals surface area (Å²) in [6, 6.07) is -8.53. The third-order valence-electron chi connectivity index (χ3n) is 4.68. The first-order chi connectivity index (χ1) is 23.6. The van der Waals surface area contributed by atoms with Crippen LogP contribution in [0.5, 0.6) is 5.75 Å². The van der Waals surface area contributed by atoms with Crippen molar-refractivity contribution in [3.63, 3.8) is 0 Å². The van der Waals surface area contributed by atoms with E-state index in [2.05, 4.69) is 5.10 Å². The monoisotopic (exact) mass is 477 g/mol. The number of benzene rings is 2. The molecule has 2 aromatic carbocycles. The minimum atomic E-state index is -3.86. The number of aromatic nitrogens is 2. The summed E-state index contributed by atoms with van der Waals surface area (Å²) < 4.78 is 156. The average Bonchev–Trinajstić information content (AvgIpc) is 3.45. The topological polar surface area (TPSA) is 111 Å². The number of nitrogens with zero attached hydrogens (tertiary/aromatic N) is 4. The Bertz CT molecular complexity index is 2080. The van der Waals surface area contributed by atoms with Crippen molar-refractivity contribution in [1.82, 2.24) is 9.78 Å². The Morgan fingerprint density at radius 2 is 1.65 bits per heavy atom. The van der Waals surface area contributed by atoms with Crippen molar-refractivity contribution in [1.29, 1.82) is 0 Å². The van der Waals surface area contributed by atoms with Gasteiger partial charge in [-0.25, -0.2) is 4.68 Å². The molecule has 3 heterocycles. The lowest BCUT2D eigenvalue weighted by Gasteiger charge is -2.29. The van der Waals surface area contributed by atoms with E-state index >= 15 is 0 Å². The molecule has 174 valence electrons. The van der Waals surface area contributed by atoms with Crippen LogP contribution in [0.2, 0.25) is 0 Å². The van der Waals surface area contributed by atoms with Crippen molar-refractivity contribution < 1.29 is 43.8 Å². The van der Waals surface area contributed by atoms with Gasteiger partial charge in [0.2, 0.25) is 5.91 Å². The molecule has 1 fully saturated rings. The number of primary amides is 1. The zero-order valence-corrected chi connectivity index (χ0v) is 17.2. The highest BCUT2D eigenvalue weighted by atomic mass is 16.5. The third-order valence-corrected chi connectivity index (χ3v) is 4.68. The normalized spacial score (nSPS) is 31.0. The number of rotatable bonds is 5. The summed E-state index contributed by atoms with van der Waals surface area (Å²) in [4.78, 5) is 40.1. The molecule has 9 heteroatoms. The molecule has 1 aromatic heterocycles. The number of ether oxygens (including phenoxy) is 1. The molecule has 0 bridgehead atoms. The molecular weight excluding hydrogens is 434 g/mol. The van der Waals surface area contributed by atoms with Gasteiger partial charge < -0.3 is 20.3 Å². The standard InChI is InChI=1S/C25H25N5O4/c1-34-19-11-9-18(10-12-19)30-23-20(22(27-30)24(26)32)13-15-29(25(23)33)17-7-5-16(6-8-17)28-14-3-2-4-21(28)31/h5-12H,2-4,13-15H2,1H3,(H2,26,32)/i2D2,3D2,4D2,5D,6D,7D,8D,9D,10D,11D,12D,13D2,14D2. The van der Waals surface area contributed by atoms with Gasteiger partial charge in [-0.15, -0.1) is 0 Å². The molecule has 2 N–H and O–H groups in total. The Labute approximate surface area is 222 Å². The first kappa shape index (κ1) is 9.25. The minimum absolute atomic E-state index is 0.347. The molecule has 0 saturated carbocycles. The van der Waals surface area contributed by atoms with Crippen LogP contribution < -0.4 is 20.3 Å². The summed E-state index contributed by atoms with van der Waals surface area (Å²) >= 11 is 0. The van der Waals surface area contributed by atoms with Gasteiger partial charge in [-0.1, -0.05) is 0 Å². The van der Waals surface area contributed by atoms with Crippen molar-refractivity contribution in [3.8, 4) is 11.4 Å². The lowest BCUT2D eigenvalue weighted by molar-refractivity contribution is -0.119. The summed E-state index contributed by atoms with van der Waals surface area (Å²) in [6.07, 6.45) is -14.4. The Hall–Kier alpha value is -4.14. The summed E-state index contributed by atoms with van der Waals surface area (Å²) in [5.74, 6) is -5.43. The number of carbonyl (C=O) groups is 3. The van der Waals surface area contributed by atoms with Crippen molar-refractivity contribution in [2.24, 2.45) is 5.73 Å². The van der Waals surface area contributed by atoms with Crippen LogP contribution in [0.25, 0.3) is 5.69 Å². The Kier molecular flexibility index (Phi) is 2.36. The van der Waals surface area contributed by atoms with Gasteiger partial charge in [0.1, 0.15) is 11.4 Å². The molecule has 0 atom stereocenters. The fourth-order valence-corrected chi connectivity index (χ4v) is 3.14. The summed E-state index contributed by atoms with van der Waals surface area (Å²) in [5.41, 5.74) is -0.298. The molecule has 0 unspecified atom stereocenters. The van der Waals surface area contributed by atoms with E-state index in [0.29, 0.717) is 9.58 Å². The van der Waals surface area contributed by atoms with E-state index in [9.17, 15) is 14.4 Å². The zero-order valence-electron chi connectivity index (χ0n) is 35.2. The van der Waals surface area contributed by atoms with E-state index in [4.69, 9.17) is 35.1 Å². The maximum absolute atomic E-state index is 14.3. The smallest absolute Gasteiger partial charge is 0.277 e. The molecule has 34 heavy (non-hydrogen) atoms. The largest absolute Gasteiger partial charge is 0.497 e. The lowest BCUT2D eigenvalue weighted by atomic mass is 10.0. The summed E-state index contributed by atoms with van der Waals surface area (Å²) in [7, 11) is 1.06. The Morgan fingerprint density at radius 1 is 1.00 bits per heavy atom. The van der Waals surface area contributed by atoms with Gasteiger partial charge in [0.05, 0.1) is 23.8 Å². The number of hydrogen-bond donors (Lipinski definition) is 1. The van der Waals surface area contributed by atoms with E-state index in [-0.39, 0.29) is 4.90 Å². The molecule has 2 aliphatic heterocycles. The molecule has 0 aliphatic carbocycles. The number of amides is 3. The molecule has 3 aromatic rings. The quantitative estimate of drug-likeness (QED) is 0.607. The Balaban J connectivity index is 1.80. The van der Waals surface area contributed by atoms with Crippen LogP contribution in [0.4, 0.5) is 11.4 Å². The number of nitrogens with two attached hydrogens (primary N) is 1. The first-order valence-electron chi connectivity index (χ1n) is 18.4. The van der Waals surface area contributed by atoms with E-state index in [1.807, 2.05) is 0 Å². The fraction of sp³-hybridized carbons (Fsp3) is 0.280. The van der Waals surface area contributed by atoms with Gasteiger partial charge in [-0.2, -0.15) is 5.10 Å². The minimum Gasteiger partial charge on any atom is -0.497 e. The molecule has 5 rings (SSSR count). The SMILES string of the molecule is [2H]c1c([2H])c(-n2nc(C(N)=O)c3c2C(=O)N(c2c([2H])c([2H])c(N4C(=O)C([2H])([2H])C([2H])([2H])C([2H])([2H])C4([2H])[2H])c([2H])c2[2H])CC3([2H])[2H])c([2H])c([2H])c1OC. The van der Waals surface area contributed by atoms with Gasteiger partial charge in [0.15, 0.2) is 5.69 Å². The number of anilines is 2. The van der Waals surface area contributed by atoms with Crippen LogP contribution >= 0.6 is 0 Å². The van der Waals surface area contributed by atoms with Crippen molar-refractivity contribution in [2.45, 2.75) is 25.5 Å². The lowest BCUT2D eigenvalue weighted by Crippen LogP contribution is -2.39. The molecule has 1 saturated heterocycles. The highest BCUT2D eigenvalue weighted by Crippen LogP contribution is 2.31. The van der Waals surface area contributed by atoms with Gasteiger partial charge in [0.25, 0.3) is 11.8 Å². The predicted molar refractivity (Wildman–Crippen MR) is 127 cm³/mol. The van der Waals surface area contributed by atoms with Crippen LogP contribution in [0, 0.1) is 0 Å². The van der Waals surface area contributed by atoms with Crippen LogP contribution in [0.15, 0.2) is 48.3 Å². The predicted octanol–water partition coefficient (Wildman–Crippen LogP) is 2.70. The van der Waals surface area contributed by atoms with Crippen LogP contribution in [-0.2, 0) is 11.2 Å². The maximum Gasteiger partial charge on any atom is 0.277 e. The van der Waals surface area contributed by atoms with E-state index in [0.717, 1.165) is 7.11 Å². The highest BCUT2D eigenvalue weighted by molar-refractivity contribution is 6.09. The zero-order chi connectivity index (χ0) is 39.7. The van der Waals surface area contributed by atoms with Crippen molar-refractivity contribution >= 4 is 29.1 Å². The highest BCUT2D eigenvalue weighted by Gasteiger charge is 2.34. The van der Waals surface area contributed by atoms with Gasteiger partial charge in [-0.3, -0.25) is 14.4 Å². The van der Waals surface area contributed by atoms with Gasteiger partial charge in [0, 0.05) is 50.1 Å². The average molecular weight is 478 g/mol. The number of fused-ring (bicyclic) bond motifs is 1. The molecular formula is C25H25N5O4. The summed E-state index contributed by atoms with van der Waals surface area (Å²) in [5, 5.41) is 3.87. The van der Waals surface area contributed by atoms with Crippen LogP contribution in [0.1, 0.15) is 70.3 Å². The second-order valence-corrected chi connectivity index (χ2v) is 6.62. The molecule has 0 radical (unpaired) electrons. The number of hydrogen-bond acceptors (Lipinski definition) is 5. The van der Waals surface area contributed by atoms with Crippen LogP contribution in [-0.4, -0.2) is 47.7 Å². The number of methoxy groups -OCH3 is 1. The first-order valence-corrected chi connectivity index (χ1v) is 9.42. The van der Waals surface area contributed by atoms with Gasteiger partial charge >= 0.3 is 0 Å². The number of piperidine rings is 1. The van der Waals surface area contributed by atoms with E-state index in [1.165, 1.54) is 0 Å². The van der Waals surface area contributed by atoms with E-state index < -0.39 is 144 Å². The molecule has 2 aliphatic rings. The maximum atomic E-state index is 14.3. The molecule has 9 nitrogen and oxygen atoms in total.